The maximum atomic E-state index is 10.8. The number of hydrogen-bond donors (Lipinski definition) is 1. The Kier molecular flexibility index (Phi) is 2.94. The lowest BCUT2D eigenvalue weighted by Crippen LogP contribution is -2.20. The van der Waals surface area contributed by atoms with Gasteiger partial charge in [-0.05, 0) is 35.9 Å². The molecule has 1 atom stereocenters. The SMILES string of the molecule is CC(O)(c1cc2ccccc2s1)c1sccc1Cl. The van der Waals surface area contributed by atoms with Gasteiger partial charge in [0.15, 0.2) is 0 Å². The molecule has 18 heavy (non-hydrogen) atoms. The van der Waals surface area contributed by atoms with E-state index in [1.165, 1.54) is 16.0 Å². The quantitative estimate of drug-likeness (QED) is 0.715. The van der Waals surface area contributed by atoms with Crippen LogP contribution >= 0.6 is 34.3 Å². The first-order valence-corrected chi connectivity index (χ1v) is 7.61. The molecule has 0 saturated heterocycles. The van der Waals surface area contributed by atoms with Crippen molar-refractivity contribution < 1.29 is 5.11 Å². The van der Waals surface area contributed by atoms with Crippen molar-refractivity contribution in [1.82, 2.24) is 0 Å². The van der Waals surface area contributed by atoms with Gasteiger partial charge in [-0.15, -0.1) is 22.7 Å². The van der Waals surface area contributed by atoms with Crippen molar-refractivity contribution in [2.24, 2.45) is 0 Å². The molecule has 0 amide bonds. The van der Waals surface area contributed by atoms with Crippen LogP contribution in [0.25, 0.3) is 10.1 Å². The van der Waals surface area contributed by atoms with E-state index in [-0.39, 0.29) is 0 Å². The van der Waals surface area contributed by atoms with Crippen LogP contribution in [-0.2, 0) is 5.60 Å². The summed E-state index contributed by atoms with van der Waals surface area (Å²) >= 11 is 9.22. The van der Waals surface area contributed by atoms with Crippen LogP contribution < -0.4 is 0 Å². The van der Waals surface area contributed by atoms with Gasteiger partial charge in [-0.2, -0.15) is 0 Å². The number of thiophene rings is 2. The van der Waals surface area contributed by atoms with E-state index < -0.39 is 5.60 Å². The number of rotatable bonds is 2. The smallest absolute Gasteiger partial charge is 0.131 e. The third-order valence-electron chi connectivity index (χ3n) is 2.96. The van der Waals surface area contributed by atoms with Gasteiger partial charge in [-0.1, -0.05) is 29.8 Å². The molecule has 3 rings (SSSR count). The third kappa shape index (κ3) is 1.88. The first kappa shape index (κ1) is 12.2. The molecule has 3 aromatic rings. The van der Waals surface area contributed by atoms with Gasteiger partial charge < -0.3 is 5.11 Å². The first-order chi connectivity index (χ1) is 8.59. The lowest BCUT2D eigenvalue weighted by molar-refractivity contribution is 0.110. The molecular weight excluding hydrogens is 284 g/mol. The number of halogens is 1. The number of hydrogen-bond acceptors (Lipinski definition) is 3. The van der Waals surface area contributed by atoms with Crippen molar-refractivity contribution >= 4 is 44.4 Å². The van der Waals surface area contributed by atoms with Crippen molar-refractivity contribution in [2.45, 2.75) is 12.5 Å². The molecule has 92 valence electrons. The monoisotopic (exact) mass is 294 g/mol. The summed E-state index contributed by atoms with van der Waals surface area (Å²) in [5.41, 5.74) is -1.02. The van der Waals surface area contributed by atoms with Crippen molar-refractivity contribution in [3.05, 3.63) is 56.6 Å². The summed E-state index contributed by atoms with van der Waals surface area (Å²) in [6.45, 7) is 1.80. The van der Waals surface area contributed by atoms with Crippen molar-refractivity contribution in [3.8, 4) is 0 Å². The highest BCUT2D eigenvalue weighted by Crippen LogP contribution is 2.42. The van der Waals surface area contributed by atoms with Crippen LogP contribution in [0.5, 0.6) is 0 Å². The van der Waals surface area contributed by atoms with Gasteiger partial charge in [0.05, 0.1) is 9.90 Å². The van der Waals surface area contributed by atoms with Gasteiger partial charge in [0, 0.05) is 9.58 Å². The lowest BCUT2D eigenvalue weighted by atomic mass is 10.0. The number of aliphatic hydroxyl groups is 1. The second-order valence-corrected chi connectivity index (χ2v) is 6.73. The van der Waals surface area contributed by atoms with Gasteiger partial charge in [0.1, 0.15) is 5.60 Å². The summed E-state index contributed by atoms with van der Waals surface area (Å²) < 4.78 is 1.18. The molecule has 1 nitrogen and oxygen atoms in total. The van der Waals surface area contributed by atoms with E-state index in [0.717, 1.165) is 15.1 Å². The van der Waals surface area contributed by atoms with Crippen molar-refractivity contribution in [1.29, 1.82) is 0 Å². The molecule has 4 heteroatoms. The Bertz CT molecular complexity index is 663. The number of benzene rings is 1. The molecule has 2 aromatic heterocycles. The third-order valence-corrected chi connectivity index (χ3v) is 5.84. The van der Waals surface area contributed by atoms with Gasteiger partial charge in [0.2, 0.25) is 0 Å². The molecule has 0 aliphatic heterocycles. The molecule has 2 heterocycles. The van der Waals surface area contributed by atoms with Crippen molar-refractivity contribution in [2.75, 3.05) is 0 Å². The predicted molar refractivity (Wildman–Crippen MR) is 79.8 cm³/mol. The standard InChI is InChI=1S/C14H11ClOS2/c1-14(16,13-10(15)6-7-17-13)12-8-9-4-2-3-5-11(9)18-12/h2-8,16H,1H3. The fraction of sp³-hybridized carbons (Fsp3) is 0.143. The van der Waals surface area contributed by atoms with Crippen LogP contribution in [0.3, 0.4) is 0 Å². The average molecular weight is 295 g/mol. The zero-order valence-electron chi connectivity index (χ0n) is 9.68. The van der Waals surface area contributed by atoms with E-state index in [0.29, 0.717) is 5.02 Å². The molecule has 0 fully saturated rings. The van der Waals surface area contributed by atoms with Crippen LogP contribution in [0.1, 0.15) is 16.7 Å². The Hall–Kier alpha value is -0.870. The van der Waals surface area contributed by atoms with E-state index in [1.54, 1.807) is 18.3 Å². The summed E-state index contributed by atoms with van der Waals surface area (Å²) in [6, 6.07) is 12.0. The largest absolute Gasteiger partial charge is 0.379 e. The topological polar surface area (TPSA) is 20.2 Å². The minimum absolute atomic E-state index is 0.627. The van der Waals surface area contributed by atoms with E-state index in [2.05, 4.69) is 12.1 Å². The van der Waals surface area contributed by atoms with E-state index >= 15 is 0 Å². The maximum Gasteiger partial charge on any atom is 0.131 e. The van der Waals surface area contributed by atoms with Crippen LogP contribution in [0.15, 0.2) is 41.8 Å². The summed E-state index contributed by atoms with van der Waals surface area (Å²) in [7, 11) is 0. The minimum Gasteiger partial charge on any atom is -0.379 e. The van der Waals surface area contributed by atoms with Crippen LogP contribution in [-0.4, -0.2) is 5.11 Å². The van der Waals surface area contributed by atoms with Gasteiger partial charge in [0.25, 0.3) is 0 Å². The summed E-state index contributed by atoms with van der Waals surface area (Å²) in [5.74, 6) is 0. The normalized spacial score (nSPS) is 14.8. The van der Waals surface area contributed by atoms with Gasteiger partial charge >= 0.3 is 0 Å². The molecule has 1 aromatic carbocycles. The van der Waals surface area contributed by atoms with Gasteiger partial charge in [-0.3, -0.25) is 0 Å². The predicted octanol–water partition coefficient (Wildman–Crippen LogP) is 4.87. The fourth-order valence-corrected chi connectivity index (χ4v) is 4.47. The molecule has 1 unspecified atom stereocenters. The molecule has 0 saturated carbocycles. The molecule has 0 aliphatic carbocycles. The van der Waals surface area contributed by atoms with E-state index in [4.69, 9.17) is 11.6 Å². The second kappa shape index (κ2) is 4.35. The van der Waals surface area contributed by atoms with E-state index in [1.807, 2.05) is 29.6 Å². The molecule has 0 bridgehead atoms. The zero-order valence-corrected chi connectivity index (χ0v) is 12.1. The minimum atomic E-state index is -1.02. The average Bonchev–Trinajstić information content (AvgIpc) is 2.94. The molecule has 0 radical (unpaired) electrons. The van der Waals surface area contributed by atoms with Crippen LogP contribution in [0.4, 0.5) is 0 Å². The Labute approximate surface area is 118 Å². The van der Waals surface area contributed by atoms with Crippen molar-refractivity contribution in [3.63, 3.8) is 0 Å². The molecule has 1 N–H and O–H groups in total. The Morgan fingerprint density at radius 1 is 1.22 bits per heavy atom. The zero-order chi connectivity index (χ0) is 12.8. The summed E-state index contributed by atoms with van der Waals surface area (Å²) in [5, 5.41) is 14.5. The highest BCUT2D eigenvalue weighted by Gasteiger charge is 2.31. The Morgan fingerprint density at radius 2 is 2.00 bits per heavy atom. The Balaban J connectivity index is 2.16. The fourth-order valence-electron chi connectivity index (χ4n) is 1.97. The molecule has 0 aliphatic rings. The Morgan fingerprint density at radius 3 is 2.67 bits per heavy atom. The molecule has 0 spiro atoms. The van der Waals surface area contributed by atoms with Crippen LogP contribution in [0, 0.1) is 0 Å². The number of fused-ring (bicyclic) bond motifs is 1. The second-order valence-electron chi connectivity index (χ2n) is 4.32. The van der Waals surface area contributed by atoms with E-state index in [9.17, 15) is 5.11 Å². The first-order valence-electron chi connectivity index (χ1n) is 5.54. The van der Waals surface area contributed by atoms with Gasteiger partial charge in [-0.25, -0.2) is 0 Å². The summed E-state index contributed by atoms with van der Waals surface area (Å²) in [6.07, 6.45) is 0. The highest BCUT2D eigenvalue weighted by molar-refractivity contribution is 7.19. The summed E-state index contributed by atoms with van der Waals surface area (Å²) in [4.78, 5) is 1.73. The maximum absolute atomic E-state index is 10.8. The highest BCUT2D eigenvalue weighted by atomic mass is 35.5. The lowest BCUT2D eigenvalue weighted by Gasteiger charge is -2.20. The van der Waals surface area contributed by atoms with Crippen LogP contribution in [0.2, 0.25) is 5.02 Å². The molecular formula is C14H11ClOS2.